The molecule has 2 rings (SSSR count). The maximum atomic E-state index is 12.0. The lowest BCUT2D eigenvalue weighted by Crippen LogP contribution is -2.40. The van der Waals surface area contributed by atoms with Gasteiger partial charge in [-0.1, -0.05) is 29.8 Å². The molecule has 5 heteroatoms. The number of aromatic nitrogens is 2. The Bertz CT molecular complexity index is 744. The van der Waals surface area contributed by atoms with Crippen LogP contribution in [0.15, 0.2) is 58.4 Å². The molecule has 1 heterocycles. The lowest BCUT2D eigenvalue weighted by molar-refractivity contribution is 0.710. The van der Waals surface area contributed by atoms with Gasteiger partial charge in [-0.25, -0.2) is 0 Å². The predicted octanol–water partition coefficient (Wildman–Crippen LogP) is 2.23. The molecule has 0 spiro atoms. The number of hydrogen-bond acceptors (Lipinski definition) is 2. The molecule has 1 aromatic heterocycles. The van der Waals surface area contributed by atoms with E-state index in [0.717, 1.165) is 5.57 Å². The predicted molar refractivity (Wildman–Crippen MR) is 76.1 cm³/mol. The second kappa shape index (κ2) is 5.28. The van der Waals surface area contributed by atoms with Crippen molar-refractivity contribution in [3.8, 4) is 5.69 Å². The molecule has 4 nitrogen and oxygen atoms in total. The minimum atomic E-state index is -0.606. The molecule has 0 saturated heterocycles. The average molecular weight is 277 g/mol. The highest BCUT2D eigenvalue weighted by Crippen LogP contribution is 2.12. The van der Waals surface area contributed by atoms with Gasteiger partial charge in [-0.05, 0) is 25.1 Å². The van der Waals surface area contributed by atoms with E-state index in [-0.39, 0.29) is 0 Å². The summed E-state index contributed by atoms with van der Waals surface area (Å²) in [6.45, 7) is 5.87. The Labute approximate surface area is 115 Å². The summed E-state index contributed by atoms with van der Waals surface area (Å²) in [5.41, 5.74) is 0.190. The van der Waals surface area contributed by atoms with Crippen molar-refractivity contribution in [2.45, 2.75) is 13.5 Å². The van der Waals surface area contributed by atoms with Gasteiger partial charge < -0.3 is 4.57 Å². The molecule has 98 valence electrons. The van der Waals surface area contributed by atoms with Crippen LogP contribution in [0.1, 0.15) is 6.92 Å². The Balaban J connectivity index is 2.56. The number of halogens is 1. The number of allylic oxidation sites excluding steroid dienone is 1. The van der Waals surface area contributed by atoms with E-state index in [1.807, 2.05) is 0 Å². The monoisotopic (exact) mass is 276 g/mol. The van der Waals surface area contributed by atoms with E-state index in [0.29, 0.717) is 17.3 Å². The zero-order valence-corrected chi connectivity index (χ0v) is 11.2. The van der Waals surface area contributed by atoms with E-state index < -0.39 is 11.1 Å². The maximum Gasteiger partial charge on any atom is 0.320 e. The molecule has 1 aromatic carbocycles. The Hall–Kier alpha value is -2.07. The van der Waals surface area contributed by atoms with E-state index in [1.165, 1.54) is 9.13 Å². The minimum Gasteiger partial charge on any atom is -0.305 e. The van der Waals surface area contributed by atoms with Crippen molar-refractivity contribution in [2.75, 3.05) is 0 Å². The van der Waals surface area contributed by atoms with E-state index in [9.17, 15) is 9.59 Å². The largest absolute Gasteiger partial charge is 0.320 e. The molecule has 0 amide bonds. The van der Waals surface area contributed by atoms with Crippen molar-refractivity contribution in [2.24, 2.45) is 0 Å². The highest BCUT2D eigenvalue weighted by molar-refractivity contribution is 6.30. The number of benzene rings is 1. The van der Waals surface area contributed by atoms with Crippen molar-refractivity contribution >= 4 is 11.6 Å². The first kappa shape index (κ1) is 13.4. The minimum absolute atomic E-state index is 0.338. The number of hydrogen-bond donors (Lipinski definition) is 0. The van der Waals surface area contributed by atoms with Crippen LogP contribution in [0.4, 0.5) is 0 Å². The van der Waals surface area contributed by atoms with Gasteiger partial charge in [-0.3, -0.25) is 14.2 Å². The average Bonchev–Trinajstić information content (AvgIpc) is 2.35. The summed E-state index contributed by atoms with van der Waals surface area (Å²) in [6, 6.07) is 6.78. The SMILES string of the molecule is C=C(C)Cn1ccn(-c2cccc(Cl)c2)c(=O)c1=O. The van der Waals surface area contributed by atoms with E-state index in [4.69, 9.17) is 11.6 Å². The molecule has 0 bridgehead atoms. The summed E-state index contributed by atoms with van der Waals surface area (Å²) >= 11 is 5.88. The fourth-order valence-electron chi connectivity index (χ4n) is 1.75. The van der Waals surface area contributed by atoms with Gasteiger partial charge in [0.25, 0.3) is 0 Å². The fraction of sp³-hybridized carbons (Fsp3) is 0.143. The highest BCUT2D eigenvalue weighted by atomic mass is 35.5. The summed E-state index contributed by atoms with van der Waals surface area (Å²) in [5.74, 6) is 0. The summed E-state index contributed by atoms with van der Waals surface area (Å²) in [5, 5.41) is 0.510. The molecule has 0 aliphatic heterocycles. The quantitative estimate of drug-likeness (QED) is 0.637. The van der Waals surface area contributed by atoms with Crippen LogP contribution < -0.4 is 11.1 Å². The third-order valence-corrected chi connectivity index (χ3v) is 2.82. The molecule has 0 N–H and O–H groups in total. The third kappa shape index (κ3) is 2.85. The van der Waals surface area contributed by atoms with E-state index >= 15 is 0 Å². The summed E-state index contributed by atoms with van der Waals surface area (Å²) in [6.07, 6.45) is 3.12. The van der Waals surface area contributed by atoms with Crippen LogP contribution in [0.2, 0.25) is 5.02 Å². The van der Waals surface area contributed by atoms with Gasteiger partial charge in [0, 0.05) is 24.0 Å². The van der Waals surface area contributed by atoms with Gasteiger partial charge in [0.05, 0.1) is 5.69 Å². The molecule has 0 radical (unpaired) electrons. The zero-order chi connectivity index (χ0) is 14.0. The smallest absolute Gasteiger partial charge is 0.305 e. The van der Waals surface area contributed by atoms with Crippen LogP contribution in [-0.4, -0.2) is 9.13 Å². The van der Waals surface area contributed by atoms with Crippen LogP contribution >= 0.6 is 11.6 Å². The van der Waals surface area contributed by atoms with Gasteiger partial charge in [0.2, 0.25) is 0 Å². The van der Waals surface area contributed by atoms with Crippen LogP contribution in [0, 0.1) is 0 Å². The van der Waals surface area contributed by atoms with Crippen molar-refractivity contribution in [3.63, 3.8) is 0 Å². The molecule has 0 aliphatic rings. The van der Waals surface area contributed by atoms with Gasteiger partial charge in [-0.15, -0.1) is 0 Å². The first-order valence-electron chi connectivity index (χ1n) is 5.71. The summed E-state index contributed by atoms with van der Waals surface area (Å²) < 4.78 is 2.62. The highest BCUT2D eigenvalue weighted by Gasteiger charge is 2.06. The second-order valence-corrected chi connectivity index (χ2v) is 4.78. The second-order valence-electron chi connectivity index (χ2n) is 4.34. The Morgan fingerprint density at radius 3 is 2.63 bits per heavy atom. The molecule has 0 saturated carbocycles. The Morgan fingerprint density at radius 1 is 1.26 bits per heavy atom. The van der Waals surface area contributed by atoms with Crippen LogP contribution in [0.3, 0.4) is 0 Å². The molecule has 0 unspecified atom stereocenters. The summed E-state index contributed by atoms with van der Waals surface area (Å²) in [7, 11) is 0. The summed E-state index contributed by atoms with van der Waals surface area (Å²) in [4.78, 5) is 24.0. The Kier molecular flexibility index (Phi) is 3.71. The zero-order valence-electron chi connectivity index (χ0n) is 10.5. The van der Waals surface area contributed by atoms with Gasteiger partial charge >= 0.3 is 11.1 Å². The van der Waals surface area contributed by atoms with Crippen LogP contribution in [-0.2, 0) is 6.54 Å². The van der Waals surface area contributed by atoms with E-state index in [2.05, 4.69) is 6.58 Å². The molecular formula is C14H13ClN2O2. The molecule has 2 aromatic rings. The van der Waals surface area contributed by atoms with Crippen molar-refractivity contribution in [3.05, 3.63) is 74.5 Å². The maximum absolute atomic E-state index is 12.0. The normalized spacial score (nSPS) is 10.4. The van der Waals surface area contributed by atoms with Gasteiger partial charge in [0.1, 0.15) is 0 Å². The van der Waals surface area contributed by atoms with Crippen LogP contribution in [0.5, 0.6) is 0 Å². The number of rotatable bonds is 3. The van der Waals surface area contributed by atoms with Crippen LogP contribution in [0.25, 0.3) is 5.69 Å². The third-order valence-electron chi connectivity index (χ3n) is 2.58. The van der Waals surface area contributed by atoms with Crippen molar-refractivity contribution < 1.29 is 0 Å². The van der Waals surface area contributed by atoms with Gasteiger partial charge in [-0.2, -0.15) is 0 Å². The first-order chi connectivity index (χ1) is 8.99. The molecule has 0 atom stereocenters. The Morgan fingerprint density at radius 2 is 2.00 bits per heavy atom. The fourth-order valence-corrected chi connectivity index (χ4v) is 1.94. The van der Waals surface area contributed by atoms with Crippen molar-refractivity contribution in [1.29, 1.82) is 0 Å². The molecule has 0 aliphatic carbocycles. The van der Waals surface area contributed by atoms with Crippen molar-refractivity contribution in [1.82, 2.24) is 9.13 Å². The molecule has 19 heavy (non-hydrogen) atoms. The van der Waals surface area contributed by atoms with E-state index in [1.54, 1.807) is 43.6 Å². The topological polar surface area (TPSA) is 44.0 Å². The molecule has 0 fully saturated rings. The lowest BCUT2D eigenvalue weighted by atomic mass is 10.3. The number of nitrogens with zero attached hydrogens (tertiary/aromatic N) is 2. The standard InChI is InChI=1S/C14H13ClN2O2/c1-10(2)9-16-6-7-17(14(19)13(16)18)12-5-3-4-11(15)8-12/h3-8H,1,9H2,2H3. The van der Waals surface area contributed by atoms with Gasteiger partial charge in [0.15, 0.2) is 0 Å². The molecular weight excluding hydrogens is 264 g/mol. The lowest BCUT2D eigenvalue weighted by Gasteiger charge is -2.09. The first-order valence-corrected chi connectivity index (χ1v) is 6.09.